The highest BCUT2D eigenvalue weighted by molar-refractivity contribution is 7.19. The van der Waals surface area contributed by atoms with Gasteiger partial charge in [0.2, 0.25) is 5.91 Å². The standard InChI is InChI=1S/C25H27ClN4O3S/c1-3-19(29-14(2)31)22-13-20-24(34-22)17(4-5-28-20)18-12-16(26)10-15-11-21(33-23(15)18)25(32)30-8-6-27-7-9-30/h4-5,10,12-13,19,21,27H,3,6-9,11H2,1-2H3,(H,29,31). The van der Waals surface area contributed by atoms with Crippen molar-refractivity contribution in [2.24, 2.45) is 0 Å². The highest BCUT2D eigenvalue weighted by Gasteiger charge is 2.35. The SMILES string of the molecule is CCC(NC(C)=O)c1cc2nccc(-c3cc(Cl)cc4c3OC(C(=O)N3CCNCC3)C4)c2s1. The lowest BCUT2D eigenvalue weighted by Crippen LogP contribution is -2.50. The summed E-state index contributed by atoms with van der Waals surface area (Å²) in [6.07, 6.45) is 2.54. The maximum Gasteiger partial charge on any atom is 0.264 e. The van der Waals surface area contributed by atoms with Gasteiger partial charge in [-0.2, -0.15) is 0 Å². The zero-order valence-electron chi connectivity index (χ0n) is 19.2. The minimum atomic E-state index is -0.536. The third-order valence-corrected chi connectivity index (χ3v) is 7.84. The molecule has 0 aliphatic carbocycles. The van der Waals surface area contributed by atoms with E-state index >= 15 is 0 Å². The van der Waals surface area contributed by atoms with Crippen molar-refractivity contribution in [1.82, 2.24) is 20.5 Å². The van der Waals surface area contributed by atoms with Gasteiger partial charge in [0.1, 0.15) is 5.75 Å². The number of fused-ring (bicyclic) bond motifs is 2. The molecule has 2 amide bonds. The van der Waals surface area contributed by atoms with Gasteiger partial charge in [-0.1, -0.05) is 18.5 Å². The summed E-state index contributed by atoms with van der Waals surface area (Å²) in [5, 5.41) is 6.90. The number of nitrogens with zero attached hydrogens (tertiary/aromatic N) is 2. The Kier molecular flexibility index (Phi) is 6.46. The van der Waals surface area contributed by atoms with Gasteiger partial charge in [-0.25, -0.2) is 0 Å². The first-order valence-corrected chi connectivity index (χ1v) is 12.8. The number of carbonyl (C=O) groups is 2. The van der Waals surface area contributed by atoms with Gasteiger partial charge in [-0.3, -0.25) is 14.6 Å². The maximum atomic E-state index is 13.1. The van der Waals surface area contributed by atoms with Crippen molar-refractivity contribution in [3.8, 4) is 16.9 Å². The van der Waals surface area contributed by atoms with E-state index in [-0.39, 0.29) is 17.9 Å². The molecular formula is C25H27ClN4O3S. The van der Waals surface area contributed by atoms with E-state index in [1.165, 1.54) is 6.92 Å². The molecule has 178 valence electrons. The van der Waals surface area contributed by atoms with Gasteiger partial charge in [0.15, 0.2) is 6.10 Å². The summed E-state index contributed by atoms with van der Waals surface area (Å²) in [5.41, 5.74) is 3.64. The largest absolute Gasteiger partial charge is 0.479 e. The summed E-state index contributed by atoms with van der Waals surface area (Å²) in [6, 6.07) is 7.73. The maximum absolute atomic E-state index is 13.1. The fourth-order valence-corrected chi connectivity index (χ4v) is 6.23. The first-order valence-electron chi connectivity index (χ1n) is 11.6. The van der Waals surface area contributed by atoms with Crippen molar-refractivity contribution in [3.63, 3.8) is 0 Å². The third kappa shape index (κ3) is 4.37. The quantitative estimate of drug-likeness (QED) is 0.556. The lowest BCUT2D eigenvalue weighted by atomic mass is 10.0. The second-order valence-electron chi connectivity index (χ2n) is 8.71. The van der Waals surface area contributed by atoms with E-state index in [0.29, 0.717) is 30.3 Å². The van der Waals surface area contributed by atoms with Crippen LogP contribution in [0, 0.1) is 0 Å². The van der Waals surface area contributed by atoms with Crippen LogP contribution in [0.5, 0.6) is 5.75 Å². The van der Waals surface area contributed by atoms with Crippen LogP contribution >= 0.6 is 22.9 Å². The second-order valence-corrected chi connectivity index (χ2v) is 10.2. The van der Waals surface area contributed by atoms with Crippen molar-refractivity contribution in [3.05, 3.63) is 45.9 Å². The molecule has 2 unspecified atom stereocenters. The van der Waals surface area contributed by atoms with Crippen LogP contribution in [0.2, 0.25) is 5.02 Å². The van der Waals surface area contributed by atoms with Crippen LogP contribution < -0.4 is 15.4 Å². The molecule has 1 saturated heterocycles. The Morgan fingerprint density at radius 1 is 1.29 bits per heavy atom. The average molecular weight is 499 g/mol. The summed E-state index contributed by atoms with van der Waals surface area (Å²) in [6.45, 7) is 6.57. The van der Waals surface area contributed by atoms with Crippen molar-refractivity contribution in [2.75, 3.05) is 26.2 Å². The number of halogens is 1. The molecule has 0 radical (unpaired) electrons. The molecule has 4 heterocycles. The van der Waals surface area contributed by atoms with Gasteiger partial charge < -0.3 is 20.3 Å². The van der Waals surface area contributed by atoms with Gasteiger partial charge in [0.05, 0.1) is 16.3 Å². The van der Waals surface area contributed by atoms with Crippen LogP contribution in [0.4, 0.5) is 0 Å². The minimum Gasteiger partial charge on any atom is -0.479 e. The van der Waals surface area contributed by atoms with E-state index in [0.717, 1.165) is 51.3 Å². The Hall–Kier alpha value is -2.68. The third-order valence-electron chi connectivity index (χ3n) is 6.35. The van der Waals surface area contributed by atoms with Gasteiger partial charge in [0, 0.05) is 72.3 Å². The molecule has 2 N–H and O–H groups in total. The van der Waals surface area contributed by atoms with E-state index < -0.39 is 6.10 Å². The number of amides is 2. The molecule has 0 saturated carbocycles. The zero-order chi connectivity index (χ0) is 23.8. The van der Waals surface area contributed by atoms with Crippen molar-refractivity contribution in [1.29, 1.82) is 0 Å². The van der Waals surface area contributed by atoms with E-state index in [1.54, 1.807) is 17.5 Å². The average Bonchev–Trinajstić information content (AvgIpc) is 3.46. The number of benzene rings is 1. The monoisotopic (exact) mass is 498 g/mol. The normalized spacial score (nSPS) is 18.4. The van der Waals surface area contributed by atoms with Gasteiger partial charge in [-0.15, -0.1) is 11.3 Å². The number of hydrogen-bond acceptors (Lipinski definition) is 6. The molecule has 34 heavy (non-hydrogen) atoms. The summed E-state index contributed by atoms with van der Waals surface area (Å²) >= 11 is 8.14. The van der Waals surface area contributed by atoms with Gasteiger partial charge >= 0.3 is 0 Å². The lowest BCUT2D eigenvalue weighted by molar-refractivity contribution is -0.138. The highest BCUT2D eigenvalue weighted by atomic mass is 35.5. The number of rotatable bonds is 5. The van der Waals surface area contributed by atoms with Crippen LogP contribution in [-0.4, -0.2) is 54.0 Å². The molecule has 5 rings (SSSR count). The smallest absolute Gasteiger partial charge is 0.264 e. The number of pyridine rings is 1. The molecule has 3 aromatic rings. The number of ether oxygens (including phenoxy) is 1. The Bertz CT molecular complexity index is 1250. The molecule has 0 spiro atoms. The predicted molar refractivity (Wildman–Crippen MR) is 134 cm³/mol. The molecule has 7 nitrogen and oxygen atoms in total. The fraction of sp³-hybridized carbons (Fsp3) is 0.400. The van der Waals surface area contributed by atoms with E-state index in [9.17, 15) is 9.59 Å². The summed E-state index contributed by atoms with van der Waals surface area (Å²) in [5.74, 6) is 0.687. The number of carbonyl (C=O) groups excluding carboxylic acids is 2. The first kappa shape index (κ1) is 23.1. The van der Waals surface area contributed by atoms with Crippen LogP contribution in [0.25, 0.3) is 21.3 Å². The van der Waals surface area contributed by atoms with E-state index in [4.69, 9.17) is 16.3 Å². The first-order chi connectivity index (χ1) is 16.4. The van der Waals surface area contributed by atoms with Gasteiger partial charge in [0.25, 0.3) is 5.91 Å². The molecule has 9 heteroatoms. The number of hydrogen-bond donors (Lipinski definition) is 2. The molecular weight excluding hydrogens is 472 g/mol. The summed E-state index contributed by atoms with van der Waals surface area (Å²) < 4.78 is 7.30. The molecule has 2 aliphatic rings. The lowest BCUT2D eigenvalue weighted by Gasteiger charge is -2.29. The van der Waals surface area contributed by atoms with E-state index in [2.05, 4.69) is 15.6 Å². The zero-order valence-corrected chi connectivity index (χ0v) is 20.8. The molecule has 2 atom stereocenters. The van der Waals surface area contributed by atoms with Gasteiger partial charge in [-0.05, 0) is 30.7 Å². The minimum absolute atomic E-state index is 0.0270. The van der Waals surface area contributed by atoms with Crippen molar-refractivity contribution >= 4 is 45.0 Å². The Morgan fingerprint density at radius 2 is 2.09 bits per heavy atom. The topological polar surface area (TPSA) is 83.6 Å². The number of piperazine rings is 1. The Balaban J connectivity index is 1.52. The highest BCUT2D eigenvalue weighted by Crippen LogP contribution is 2.45. The molecule has 0 bridgehead atoms. The number of aromatic nitrogens is 1. The molecule has 2 aromatic heterocycles. The van der Waals surface area contributed by atoms with E-state index in [1.807, 2.05) is 36.1 Å². The number of nitrogens with one attached hydrogen (secondary N) is 2. The van der Waals surface area contributed by atoms with Crippen LogP contribution in [-0.2, 0) is 16.0 Å². The summed E-state index contributed by atoms with van der Waals surface area (Å²) in [4.78, 5) is 32.3. The Morgan fingerprint density at radius 3 is 2.82 bits per heavy atom. The van der Waals surface area contributed by atoms with Crippen molar-refractivity contribution in [2.45, 2.75) is 38.8 Å². The van der Waals surface area contributed by atoms with Crippen LogP contribution in [0.15, 0.2) is 30.5 Å². The fourth-order valence-electron chi connectivity index (χ4n) is 4.71. The predicted octanol–water partition coefficient (Wildman–Crippen LogP) is 3.94. The Labute approximate surface area is 207 Å². The van der Waals surface area contributed by atoms with Crippen LogP contribution in [0.3, 0.4) is 0 Å². The number of thiophene rings is 1. The second kappa shape index (κ2) is 9.52. The molecule has 2 aliphatic heterocycles. The van der Waals surface area contributed by atoms with Crippen LogP contribution in [0.1, 0.15) is 36.8 Å². The summed E-state index contributed by atoms with van der Waals surface area (Å²) in [7, 11) is 0. The molecule has 1 aromatic carbocycles. The molecule has 1 fully saturated rings. The van der Waals surface area contributed by atoms with Crippen molar-refractivity contribution < 1.29 is 14.3 Å².